The summed E-state index contributed by atoms with van der Waals surface area (Å²) in [4.78, 5) is 29.4. The molecule has 1 aliphatic heterocycles. The van der Waals surface area contributed by atoms with Gasteiger partial charge in [-0.2, -0.15) is 0 Å². The Morgan fingerprint density at radius 2 is 2.00 bits per heavy atom. The van der Waals surface area contributed by atoms with Crippen LogP contribution in [0.25, 0.3) is 10.9 Å². The molecular formula is C23H22N2O4. The van der Waals surface area contributed by atoms with Crippen LogP contribution < -0.4 is 10.1 Å². The number of ether oxygens (including phenoxy) is 2. The first-order valence-electron chi connectivity index (χ1n) is 9.54. The van der Waals surface area contributed by atoms with E-state index in [9.17, 15) is 9.59 Å². The maximum absolute atomic E-state index is 12.6. The van der Waals surface area contributed by atoms with E-state index in [1.165, 1.54) is 0 Å². The van der Waals surface area contributed by atoms with E-state index >= 15 is 0 Å². The van der Waals surface area contributed by atoms with Gasteiger partial charge in [-0.25, -0.2) is 0 Å². The summed E-state index contributed by atoms with van der Waals surface area (Å²) in [6.07, 6.45) is 0.137. The lowest BCUT2D eigenvalue weighted by Crippen LogP contribution is -2.32. The maximum Gasteiger partial charge on any atom is 0.313 e. The molecule has 1 aliphatic rings. The second-order valence-electron chi connectivity index (χ2n) is 7.16. The van der Waals surface area contributed by atoms with Gasteiger partial charge in [0.2, 0.25) is 0 Å². The number of esters is 1. The third kappa shape index (κ3) is 3.92. The largest absolute Gasteiger partial charge is 0.497 e. The fraction of sp³-hybridized carbons (Fsp3) is 0.261. The van der Waals surface area contributed by atoms with Crippen LogP contribution in [0.3, 0.4) is 0 Å². The standard InChI is InChI=1S/C23H22N2O4/c1-14-10-18(19-11-16(28-2)8-9-21(19)25-14)20-12-17(29-23(20)27)13-24-22(26)15-6-4-3-5-7-15/h3-11,17,20H,12-13H2,1-2H3,(H,24,26). The Bertz CT molecular complexity index is 1070. The number of aromatic nitrogens is 1. The summed E-state index contributed by atoms with van der Waals surface area (Å²) in [5.74, 6) is -0.147. The van der Waals surface area contributed by atoms with Crippen molar-refractivity contribution >= 4 is 22.8 Å². The van der Waals surface area contributed by atoms with Crippen LogP contribution in [-0.2, 0) is 9.53 Å². The third-order valence-corrected chi connectivity index (χ3v) is 5.14. The quantitative estimate of drug-likeness (QED) is 0.676. The number of benzene rings is 2. The predicted octanol–water partition coefficient (Wildman–Crippen LogP) is 3.38. The van der Waals surface area contributed by atoms with Gasteiger partial charge in [-0.1, -0.05) is 18.2 Å². The summed E-state index contributed by atoms with van der Waals surface area (Å²) in [7, 11) is 1.61. The molecule has 1 fully saturated rings. The first-order valence-corrected chi connectivity index (χ1v) is 9.54. The number of nitrogens with zero attached hydrogens (tertiary/aromatic N) is 1. The second kappa shape index (κ2) is 7.91. The minimum Gasteiger partial charge on any atom is -0.497 e. The molecule has 1 saturated heterocycles. The maximum atomic E-state index is 12.6. The minimum absolute atomic E-state index is 0.181. The SMILES string of the molecule is COc1ccc2nc(C)cc(C3CC(CNC(=O)c4ccccc4)OC3=O)c2c1. The number of aryl methyl sites for hydroxylation is 1. The number of carbonyl (C=O) groups is 2. The normalized spacial score (nSPS) is 18.5. The number of methoxy groups -OCH3 is 1. The summed E-state index contributed by atoms with van der Waals surface area (Å²) < 4.78 is 10.9. The van der Waals surface area contributed by atoms with Gasteiger partial charge in [-0.15, -0.1) is 0 Å². The highest BCUT2D eigenvalue weighted by atomic mass is 16.6. The number of hydrogen-bond acceptors (Lipinski definition) is 5. The van der Waals surface area contributed by atoms with Crippen molar-refractivity contribution in [3.63, 3.8) is 0 Å². The van der Waals surface area contributed by atoms with Crippen molar-refractivity contribution in [3.05, 3.63) is 71.4 Å². The molecule has 0 bridgehead atoms. The van der Waals surface area contributed by atoms with E-state index in [2.05, 4.69) is 10.3 Å². The van der Waals surface area contributed by atoms with Crippen molar-refractivity contribution in [3.8, 4) is 5.75 Å². The lowest BCUT2D eigenvalue weighted by Gasteiger charge is -2.13. The number of carbonyl (C=O) groups excluding carboxylic acids is 2. The average Bonchev–Trinajstić information content (AvgIpc) is 3.12. The number of rotatable bonds is 5. The molecule has 0 aliphatic carbocycles. The molecule has 0 radical (unpaired) electrons. The fourth-order valence-corrected chi connectivity index (χ4v) is 3.71. The first kappa shape index (κ1) is 18.9. The fourth-order valence-electron chi connectivity index (χ4n) is 3.71. The predicted molar refractivity (Wildman–Crippen MR) is 109 cm³/mol. The van der Waals surface area contributed by atoms with Gasteiger partial charge in [0.25, 0.3) is 5.91 Å². The van der Waals surface area contributed by atoms with Crippen LogP contribution in [0.5, 0.6) is 5.75 Å². The van der Waals surface area contributed by atoms with Crippen LogP contribution in [0.2, 0.25) is 0 Å². The van der Waals surface area contributed by atoms with Crippen molar-refractivity contribution in [2.24, 2.45) is 0 Å². The molecule has 2 heterocycles. The van der Waals surface area contributed by atoms with Crippen LogP contribution in [0, 0.1) is 6.92 Å². The molecule has 6 heteroatoms. The monoisotopic (exact) mass is 390 g/mol. The second-order valence-corrected chi connectivity index (χ2v) is 7.16. The Morgan fingerprint density at radius 3 is 2.76 bits per heavy atom. The van der Waals surface area contributed by atoms with Crippen molar-refractivity contribution < 1.29 is 19.1 Å². The third-order valence-electron chi connectivity index (χ3n) is 5.14. The number of amides is 1. The van der Waals surface area contributed by atoms with Gasteiger partial charge >= 0.3 is 5.97 Å². The molecule has 29 heavy (non-hydrogen) atoms. The summed E-state index contributed by atoms with van der Waals surface area (Å²) in [5, 5.41) is 3.73. The number of cyclic esters (lactones) is 1. The molecule has 1 aromatic heterocycles. The van der Waals surface area contributed by atoms with Crippen molar-refractivity contribution in [2.45, 2.75) is 25.4 Å². The molecule has 1 amide bonds. The zero-order chi connectivity index (χ0) is 20.4. The molecule has 148 valence electrons. The highest BCUT2D eigenvalue weighted by Crippen LogP contribution is 2.36. The first-order chi connectivity index (χ1) is 14.0. The summed E-state index contributed by atoms with van der Waals surface area (Å²) >= 11 is 0. The lowest BCUT2D eigenvalue weighted by molar-refractivity contribution is -0.142. The molecule has 0 saturated carbocycles. The molecule has 3 aromatic rings. The Kier molecular flexibility index (Phi) is 5.16. The molecule has 2 aromatic carbocycles. The summed E-state index contributed by atoms with van der Waals surface area (Å²) in [6, 6.07) is 16.5. The van der Waals surface area contributed by atoms with Gasteiger partial charge in [0.15, 0.2) is 0 Å². The Morgan fingerprint density at radius 1 is 1.21 bits per heavy atom. The van der Waals surface area contributed by atoms with Gasteiger partial charge < -0.3 is 14.8 Å². The van der Waals surface area contributed by atoms with Crippen LogP contribution in [-0.4, -0.2) is 36.6 Å². The lowest BCUT2D eigenvalue weighted by atomic mass is 9.92. The van der Waals surface area contributed by atoms with E-state index in [0.717, 1.165) is 22.2 Å². The van der Waals surface area contributed by atoms with Crippen LogP contribution in [0.4, 0.5) is 0 Å². The topological polar surface area (TPSA) is 77.5 Å². The Labute approximate surface area is 168 Å². The zero-order valence-corrected chi connectivity index (χ0v) is 16.3. The summed E-state index contributed by atoms with van der Waals surface area (Å²) in [5.41, 5.74) is 3.12. The summed E-state index contributed by atoms with van der Waals surface area (Å²) in [6.45, 7) is 2.19. The molecule has 0 spiro atoms. The van der Waals surface area contributed by atoms with Gasteiger partial charge in [0, 0.05) is 23.1 Å². The molecule has 4 rings (SSSR count). The van der Waals surface area contributed by atoms with E-state index < -0.39 is 5.92 Å². The van der Waals surface area contributed by atoms with Crippen molar-refractivity contribution in [2.75, 3.05) is 13.7 Å². The Hall–Kier alpha value is -3.41. The smallest absolute Gasteiger partial charge is 0.313 e. The van der Waals surface area contributed by atoms with E-state index in [1.807, 2.05) is 49.4 Å². The molecule has 2 unspecified atom stereocenters. The van der Waals surface area contributed by atoms with Crippen LogP contribution in [0.15, 0.2) is 54.6 Å². The average molecular weight is 390 g/mol. The van der Waals surface area contributed by atoms with E-state index in [1.54, 1.807) is 19.2 Å². The number of fused-ring (bicyclic) bond motifs is 1. The van der Waals surface area contributed by atoms with Crippen LogP contribution in [0.1, 0.15) is 34.0 Å². The van der Waals surface area contributed by atoms with Crippen molar-refractivity contribution in [1.82, 2.24) is 10.3 Å². The van der Waals surface area contributed by atoms with E-state index in [0.29, 0.717) is 17.7 Å². The van der Waals surface area contributed by atoms with E-state index in [-0.39, 0.29) is 24.5 Å². The zero-order valence-electron chi connectivity index (χ0n) is 16.3. The number of nitrogens with one attached hydrogen (secondary N) is 1. The number of hydrogen-bond donors (Lipinski definition) is 1. The van der Waals surface area contributed by atoms with Gasteiger partial charge in [0.1, 0.15) is 11.9 Å². The van der Waals surface area contributed by atoms with Crippen LogP contribution >= 0.6 is 0 Å². The highest BCUT2D eigenvalue weighted by Gasteiger charge is 2.36. The highest BCUT2D eigenvalue weighted by molar-refractivity contribution is 5.94. The Balaban J connectivity index is 1.53. The molecular weight excluding hydrogens is 368 g/mol. The minimum atomic E-state index is -0.398. The van der Waals surface area contributed by atoms with Gasteiger partial charge in [-0.3, -0.25) is 14.6 Å². The molecule has 2 atom stereocenters. The molecule has 6 nitrogen and oxygen atoms in total. The van der Waals surface area contributed by atoms with E-state index in [4.69, 9.17) is 9.47 Å². The van der Waals surface area contributed by atoms with Crippen molar-refractivity contribution in [1.29, 1.82) is 0 Å². The van der Waals surface area contributed by atoms with Gasteiger partial charge in [0.05, 0.1) is 25.1 Å². The van der Waals surface area contributed by atoms with Gasteiger partial charge in [-0.05, 0) is 48.9 Å². The molecule has 1 N–H and O–H groups in total. The number of pyridine rings is 1.